The van der Waals surface area contributed by atoms with Crippen LogP contribution in [0.15, 0.2) is 42.5 Å². The van der Waals surface area contributed by atoms with Gasteiger partial charge in [0.2, 0.25) is 6.29 Å². The first-order valence-electron chi connectivity index (χ1n) is 7.09. The number of hydrogen-bond acceptors (Lipinski definition) is 3. The molecule has 0 amide bonds. The molecule has 2 aliphatic rings. The van der Waals surface area contributed by atoms with E-state index in [1.807, 2.05) is 12.2 Å². The van der Waals surface area contributed by atoms with Crippen molar-refractivity contribution in [2.45, 2.75) is 44.0 Å². The van der Waals surface area contributed by atoms with Crippen molar-refractivity contribution in [3.05, 3.63) is 48.0 Å². The Morgan fingerprint density at radius 1 is 1.05 bits per heavy atom. The molecular formula is C16H20O3. The van der Waals surface area contributed by atoms with Gasteiger partial charge in [-0.2, -0.15) is 4.89 Å². The van der Waals surface area contributed by atoms with E-state index in [-0.39, 0.29) is 12.4 Å². The lowest BCUT2D eigenvalue weighted by molar-refractivity contribution is -0.373. The van der Waals surface area contributed by atoms with E-state index in [4.69, 9.17) is 14.5 Å². The van der Waals surface area contributed by atoms with Crippen molar-refractivity contribution >= 4 is 0 Å². The molecule has 1 saturated carbocycles. The maximum Gasteiger partial charge on any atom is 0.210 e. The zero-order valence-corrected chi connectivity index (χ0v) is 11.0. The van der Waals surface area contributed by atoms with E-state index in [2.05, 4.69) is 30.3 Å². The van der Waals surface area contributed by atoms with Gasteiger partial charge in [0.25, 0.3) is 0 Å². The Morgan fingerprint density at radius 2 is 1.89 bits per heavy atom. The maximum atomic E-state index is 6.07. The molecule has 19 heavy (non-hydrogen) atoms. The van der Waals surface area contributed by atoms with E-state index in [0.29, 0.717) is 12.5 Å². The Hall–Kier alpha value is -1.16. The second-order valence-corrected chi connectivity index (χ2v) is 5.15. The number of ether oxygens (including phenoxy) is 1. The van der Waals surface area contributed by atoms with Crippen LogP contribution in [0.5, 0.6) is 0 Å². The summed E-state index contributed by atoms with van der Waals surface area (Å²) in [6.45, 7) is 0.507. The van der Waals surface area contributed by atoms with E-state index in [1.54, 1.807) is 0 Å². The van der Waals surface area contributed by atoms with Gasteiger partial charge in [-0.05, 0) is 24.5 Å². The van der Waals surface area contributed by atoms with Gasteiger partial charge in [0.05, 0.1) is 6.10 Å². The molecular weight excluding hydrogens is 240 g/mol. The van der Waals surface area contributed by atoms with Gasteiger partial charge in [0.15, 0.2) is 0 Å². The zero-order chi connectivity index (χ0) is 12.9. The molecule has 1 heterocycles. The maximum absolute atomic E-state index is 6.07. The number of rotatable bonds is 3. The fourth-order valence-electron chi connectivity index (χ4n) is 2.93. The highest BCUT2D eigenvalue weighted by atomic mass is 17.2. The molecule has 3 heteroatoms. The molecule has 0 N–H and O–H groups in total. The van der Waals surface area contributed by atoms with Crippen molar-refractivity contribution in [1.29, 1.82) is 0 Å². The van der Waals surface area contributed by atoms with Gasteiger partial charge < -0.3 is 4.74 Å². The van der Waals surface area contributed by atoms with Gasteiger partial charge in [0.1, 0.15) is 6.61 Å². The second-order valence-electron chi connectivity index (χ2n) is 5.15. The predicted octanol–water partition coefficient (Wildman–Crippen LogP) is 3.57. The zero-order valence-electron chi connectivity index (χ0n) is 11.0. The third-order valence-electron chi connectivity index (χ3n) is 3.86. The smallest absolute Gasteiger partial charge is 0.210 e. The molecule has 0 aromatic heterocycles. The normalized spacial score (nSPS) is 31.3. The number of hydrogen-bond donors (Lipinski definition) is 0. The van der Waals surface area contributed by atoms with E-state index in [1.165, 1.54) is 24.8 Å². The van der Waals surface area contributed by atoms with Crippen LogP contribution in [0.4, 0.5) is 0 Å². The first kappa shape index (κ1) is 12.9. The number of benzene rings is 1. The van der Waals surface area contributed by atoms with Crippen LogP contribution in [-0.2, 0) is 14.5 Å². The third-order valence-corrected chi connectivity index (χ3v) is 3.86. The summed E-state index contributed by atoms with van der Waals surface area (Å²) in [5.41, 5.74) is 1.37. The molecule has 3 atom stereocenters. The van der Waals surface area contributed by atoms with Gasteiger partial charge in [-0.1, -0.05) is 49.2 Å². The Labute approximate surface area is 114 Å². The summed E-state index contributed by atoms with van der Waals surface area (Å²) in [6, 6.07) is 10.6. The Morgan fingerprint density at radius 3 is 2.68 bits per heavy atom. The van der Waals surface area contributed by atoms with Gasteiger partial charge >= 0.3 is 0 Å². The summed E-state index contributed by atoms with van der Waals surface area (Å²) in [6.07, 6.45) is 8.51. The fraction of sp³-hybridized carbons (Fsp3) is 0.500. The molecule has 1 aliphatic heterocycles. The van der Waals surface area contributed by atoms with Gasteiger partial charge in [0, 0.05) is 5.92 Å². The average molecular weight is 260 g/mol. The van der Waals surface area contributed by atoms with E-state index in [0.717, 1.165) is 6.42 Å². The minimum Gasteiger partial charge on any atom is -0.343 e. The topological polar surface area (TPSA) is 27.7 Å². The lowest BCUT2D eigenvalue weighted by Gasteiger charge is -2.34. The summed E-state index contributed by atoms with van der Waals surface area (Å²) in [4.78, 5) is 10.1. The van der Waals surface area contributed by atoms with Crippen LogP contribution in [0.1, 0.15) is 37.2 Å². The summed E-state index contributed by atoms with van der Waals surface area (Å²) >= 11 is 0. The molecule has 1 aromatic carbocycles. The van der Waals surface area contributed by atoms with Crippen LogP contribution in [0.3, 0.4) is 0 Å². The molecule has 1 unspecified atom stereocenters. The minimum atomic E-state index is -0.358. The summed E-state index contributed by atoms with van der Waals surface area (Å²) < 4.78 is 6.07. The molecule has 0 saturated heterocycles. The highest BCUT2D eigenvalue weighted by molar-refractivity contribution is 5.21. The molecule has 0 radical (unpaired) electrons. The van der Waals surface area contributed by atoms with Gasteiger partial charge in [-0.15, -0.1) is 0 Å². The molecule has 0 bridgehead atoms. The van der Waals surface area contributed by atoms with Crippen LogP contribution in [0.2, 0.25) is 0 Å². The lowest BCUT2D eigenvalue weighted by Crippen LogP contribution is -2.32. The van der Waals surface area contributed by atoms with Gasteiger partial charge in [-0.25, -0.2) is 4.89 Å². The highest BCUT2D eigenvalue weighted by Gasteiger charge is 2.29. The summed E-state index contributed by atoms with van der Waals surface area (Å²) in [7, 11) is 0. The Balaban J connectivity index is 1.70. The van der Waals surface area contributed by atoms with Crippen molar-refractivity contribution in [3.63, 3.8) is 0 Å². The standard InChI is InChI=1S/C16H20O3/c1-2-7-13(8-3-1)14-9-4-5-10-15(14)18-16-11-6-12-17-19-16/h1-3,6-8,11,14-16H,4-5,9-10,12H2/t14-,15+,16?/m1/s1. The van der Waals surface area contributed by atoms with Gasteiger partial charge in [-0.3, -0.25) is 0 Å². The average Bonchev–Trinajstić information content (AvgIpc) is 2.50. The van der Waals surface area contributed by atoms with Crippen molar-refractivity contribution in [1.82, 2.24) is 0 Å². The molecule has 3 rings (SSSR count). The van der Waals surface area contributed by atoms with Crippen LogP contribution in [0.25, 0.3) is 0 Å². The quantitative estimate of drug-likeness (QED) is 0.614. The molecule has 0 spiro atoms. The fourth-order valence-corrected chi connectivity index (χ4v) is 2.93. The summed E-state index contributed by atoms with van der Waals surface area (Å²) in [5, 5.41) is 0. The first-order valence-corrected chi connectivity index (χ1v) is 7.09. The van der Waals surface area contributed by atoms with Crippen molar-refractivity contribution in [2.75, 3.05) is 6.61 Å². The lowest BCUT2D eigenvalue weighted by atomic mass is 9.81. The molecule has 1 aromatic rings. The minimum absolute atomic E-state index is 0.215. The van der Waals surface area contributed by atoms with Crippen molar-refractivity contribution < 1.29 is 14.5 Å². The molecule has 1 fully saturated rings. The SMILES string of the molecule is C1=CC(O[C@H]2CCCC[C@@H]2c2ccccc2)OOC1. The Bertz CT molecular complexity index is 415. The second kappa shape index (κ2) is 6.33. The van der Waals surface area contributed by atoms with Crippen molar-refractivity contribution in [2.24, 2.45) is 0 Å². The Kier molecular flexibility index (Phi) is 4.28. The van der Waals surface area contributed by atoms with Crippen LogP contribution in [-0.4, -0.2) is 19.0 Å². The predicted molar refractivity (Wildman–Crippen MR) is 72.5 cm³/mol. The van der Waals surface area contributed by atoms with Crippen LogP contribution >= 0.6 is 0 Å². The summed E-state index contributed by atoms with van der Waals surface area (Å²) in [5.74, 6) is 0.467. The molecule has 102 valence electrons. The van der Waals surface area contributed by atoms with Crippen LogP contribution < -0.4 is 0 Å². The largest absolute Gasteiger partial charge is 0.343 e. The molecule has 1 aliphatic carbocycles. The van der Waals surface area contributed by atoms with E-state index >= 15 is 0 Å². The first-order chi connectivity index (χ1) is 9.43. The van der Waals surface area contributed by atoms with E-state index in [9.17, 15) is 0 Å². The van der Waals surface area contributed by atoms with E-state index < -0.39 is 0 Å². The highest BCUT2D eigenvalue weighted by Crippen LogP contribution is 2.35. The van der Waals surface area contributed by atoms with Crippen LogP contribution in [0, 0.1) is 0 Å². The van der Waals surface area contributed by atoms with Crippen molar-refractivity contribution in [3.8, 4) is 0 Å². The molecule has 3 nitrogen and oxygen atoms in total. The monoisotopic (exact) mass is 260 g/mol. The third kappa shape index (κ3) is 3.24.